The van der Waals surface area contributed by atoms with E-state index in [1.807, 2.05) is 0 Å². The number of carbonyl (C=O) groups is 1. The molecular weight excluding hydrogens is 216 g/mol. The molecule has 1 fully saturated rings. The van der Waals surface area contributed by atoms with Crippen molar-refractivity contribution in [2.45, 2.75) is 59.0 Å². The van der Waals surface area contributed by atoms with Crippen molar-refractivity contribution in [1.29, 1.82) is 0 Å². The van der Waals surface area contributed by atoms with Gasteiger partial charge in [0.1, 0.15) is 6.10 Å². The maximum absolute atomic E-state index is 11.6. The monoisotopic (exact) mass is 242 g/mol. The molecule has 3 nitrogen and oxygen atoms in total. The van der Waals surface area contributed by atoms with Gasteiger partial charge in [-0.3, -0.25) is 4.79 Å². The second-order valence-electron chi connectivity index (χ2n) is 5.68. The van der Waals surface area contributed by atoms with Gasteiger partial charge in [-0.05, 0) is 37.0 Å². The Labute approximate surface area is 105 Å². The molecule has 3 atom stereocenters. The number of aliphatic hydroxyl groups excluding tert-OH is 1. The summed E-state index contributed by atoms with van der Waals surface area (Å²) < 4.78 is 5.59. The highest BCUT2D eigenvalue weighted by Gasteiger charge is 2.33. The molecule has 0 aromatic rings. The van der Waals surface area contributed by atoms with Crippen LogP contribution in [0.1, 0.15) is 52.9 Å². The smallest absolute Gasteiger partial charge is 0.306 e. The molecule has 0 unspecified atom stereocenters. The molecule has 100 valence electrons. The summed E-state index contributed by atoms with van der Waals surface area (Å²) in [4.78, 5) is 11.6. The lowest BCUT2D eigenvalue weighted by Gasteiger charge is -2.36. The Morgan fingerprint density at radius 3 is 2.71 bits per heavy atom. The van der Waals surface area contributed by atoms with E-state index in [0.717, 1.165) is 12.8 Å². The third-order valence-corrected chi connectivity index (χ3v) is 3.78. The van der Waals surface area contributed by atoms with E-state index < -0.39 is 0 Å². The van der Waals surface area contributed by atoms with Crippen molar-refractivity contribution in [2.24, 2.45) is 17.8 Å². The highest BCUT2D eigenvalue weighted by Crippen LogP contribution is 2.35. The largest absolute Gasteiger partial charge is 0.462 e. The van der Waals surface area contributed by atoms with Crippen LogP contribution in [0.25, 0.3) is 0 Å². The molecule has 0 aromatic heterocycles. The van der Waals surface area contributed by atoms with Crippen LogP contribution >= 0.6 is 0 Å². The van der Waals surface area contributed by atoms with Gasteiger partial charge in [-0.1, -0.05) is 27.2 Å². The van der Waals surface area contributed by atoms with Crippen molar-refractivity contribution in [1.82, 2.24) is 0 Å². The normalized spacial score (nSPS) is 29.4. The van der Waals surface area contributed by atoms with Gasteiger partial charge in [0.05, 0.1) is 0 Å². The summed E-state index contributed by atoms with van der Waals surface area (Å²) in [5.74, 6) is 1.58. The predicted octanol–water partition coefficient (Wildman–Crippen LogP) is 2.76. The van der Waals surface area contributed by atoms with Crippen LogP contribution in [0.5, 0.6) is 0 Å². The van der Waals surface area contributed by atoms with Gasteiger partial charge in [0, 0.05) is 13.0 Å². The molecule has 0 aliphatic heterocycles. The molecule has 17 heavy (non-hydrogen) atoms. The van der Waals surface area contributed by atoms with Gasteiger partial charge in [-0.2, -0.15) is 0 Å². The third kappa shape index (κ3) is 4.66. The van der Waals surface area contributed by atoms with Crippen molar-refractivity contribution in [2.75, 3.05) is 6.61 Å². The minimum atomic E-state index is -0.149. The summed E-state index contributed by atoms with van der Waals surface area (Å²) in [7, 11) is 0. The first-order valence-corrected chi connectivity index (χ1v) is 6.85. The molecule has 1 aliphatic carbocycles. The predicted molar refractivity (Wildman–Crippen MR) is 67.5 cm³/mol. The molecule has 1 aliphatic rings. The fourth-order valence-corrected chi connectivity index (χ4v) is 2.70. The van der Waals surface area contributed by atoms with E-state index in [1.54, 1.807) is 0 Å². The zero-order chi connectivity index (χ0) is 12.8. The molecule has 1 rings (SSSR count). The third-order valence-electron chi connectivity index (χ3n) is 3.78. The Balaban J connectivity index is 2.48. The van der Waals surface area contributed by atoms with Crippen LogP contribution in [0.15, 0.2) is 0 Å². The average Bonchev–Trinajstić information content (AvgIpc) is 2.26. The van der Waals surface area contributed by atoms with Gasteiger partial charge in [-0.15, -0.1) is 0 Å². The van der Waals surface area contributed by atoms with Crippen LogP contribution in [-0.4, -0.2) is 23.8 Å². The average molecular weight is 242 g/mol. The van der Waals surface area contributed by atoms with Crippen molar-refractivity contribution < 1.29 is 14.6 Å². The maximum Gasteiger partial charge on any atom is 0.306 e. The number of rotatable bonds is 5. The van der Waals surface area contributed by atoms with Gasteiger partial charge < -0.3 is 9.84 Å². The van der Waals surface area contributed by atoms with Crippen molar-refractivity contribution in [3.05, 3.63) is 0 Å². The lowest BCUT2D eigenvalue weighted by atomic mass is 9.75. The van der Waals surface area contributed by atoms with E-state index in [1.165, 1.54) is 6.42 Å². The first-order valence-electron chi connectivity index (χ1n) is 6.85. The van der Waals surface area contributed by atoms with Gasteiger partial charge in [0.15, 0.2) is 0 Å². The Morgan fingerprint density at radius 2 is 2.12 bits per heavy atom. The number of hydrogen-bond acceptors (Lipinski definition) is 3. The van der Waals surface area contributed by atoms with E-state index in [0.29, 0.717) is 30.6 Å². The van der Waals surface area contributed by atoms with E-state index in [-0.39, 0.29) is 18.7 Å². The number of carbonyl (C=O) groups excluding carboxylic acids is 1. The number of hydrogen-bond donors (Lipinski definition) is 1. The van der Waals surface area contributed by atoms with Gasteiger partial charge >= 0.3 is 5.97 Å². The van der Waals surface area contributed by atoms with Crippen molar-refractivity contribution in [3.63, 3.8) is 0 Å². The van der Waals surface area contributed by atoms with Crippen molar-refractivity contribution in [3.8, 4) is 0 Å². The quantitative estimate of drug-likeness (QED) is 0.754. The summed E-state index contributed by atoms with van der Waals surface area (Å²) in [6.45, 7) is 6.69. The van der Waals surface area contributed by atoms with Gasteiger partial charge in [0.25, 0.3) is 0 Å². The molecular formula is C14H26O3. The summed E-state index contributed by atoms with van der Waals surface area (Å²) in [6.07, 6.45) is 4.34. The zero-order valence-corrected chi connectivity index (χ0v) is 11.3. The first-order chi connectivity index (χ1) is 8.04. The second-order valence-corrected chi connectivity index (χ2v) is 5.68. The molecule has 0 bridgehead atoms. The van der Waals surface area contributed by atoms with Crippen LogP contribution in [-0.2, 0) is 9.53 Å². The number of esters is 1. The van der Waals surface area contributed by atoms with Crippen LogP contribution in [0.2, 0.25) is 0 Å². The zero-order valence-electron chi connectivity index (χ0n) is 11.3. The minimum absolute atomic E-state index is 0.0593. The summed E-state index contributed by atoms with van der Waals surface area (Å²) in [5.41, 5.74) is 0. The Kier molecular flexibility index (Phi) is 5.96. The molecule has 0 aromatic carbocycles. The van der Waals surface area contributed by atoms with Crippen LogP contribution in [0.3, 0.4) is 0 Å². The molecule has 0 saturated heterocycles. The van der Waals surface area contributed by atoms with E-state index in [9.17, 15) is 4.79 Å². The summed E-state index contributed by atoms with van der Waals surface area (Å²) in [5, 5.41) is 8.70. The molecule has 1 saturated carbocycles. The lowest BCUT2D eigenvalue weighted by Crippen LogP contribution is -2.35. The highest BCUT2D eigenvalue weighted by molar-refractivity contribution is 5.69. The molecule has 3 heteroatoms. The number of ether oxygens (including phenoxy) is 1. The lowest BCUT2D eigenvalue weighted by molar-refractivity contribution is -0.156. The summed E-state index contributed by atoms with van der Waals surface area (Å²) >= 11 is 0. The topological polar surface area (TPSA) is 46.5 Å². The summed E-state index contributed by atoms with van der Waals surface area (Å²) in [6, 6.07) is 0. The van der Waals surface area contributed by atoms with E-state index >= 15 is 0 Å². The SMILES string of the molecule is CC(C)[C@@H]1CC[C@@H](C)C[C@H]1OC(=O)CCCO. The van der Waals surface area contributed by atoms with Crippen LogP contribution in [0, 0.1) is 17.8 Å². The standard InChI is InChI=1S/C14H26O3/c1-10(2)12-7-6-11(3)9-13(12)17-14(16)5-4-8-15/h10-13,15H,4-9H2,1-3H3/t11-,12+,13-/m1/s1. The fourth-order valence-electron chi connectivity index (χ4n) is 2.70. The van der Waals surface area contributed by atoms with Crippen LogP contribution < -0.4 is 0 Å². The molecule has 0 radical (unpaired) electrons. The molecule has 1 N–H and O–H groups in total. The highest BCUT2D eigenvalue weighted by atomic mass is 16.5. The van der Waals surface area contributed by atoms with Crippen molar-refractivity contribution >= 4 is 5.97 Å². The molecule has 0 amide bonds. The van der Waals surface area contributed by atoms with E-state index in [2.05, 4.69) is 20.8 Å². The number of aliphatic hydroxyl groups is 1. The minimum Gasteiger partial charge on any atom is -0.462 e. The molecule has 0 heterocycles. The second kappa shape index (κ2) is 7.00. The maximum atomic E-state index is 11.6. The van der Waals surface area contributed by atoms with Gasteiger partial charge in [-0.25, -0.2) is 0 Å². The fraction of sp³-hybridized carbons (Fsp3) is 0.929. The molecule has 0 spiro atoms. The Morgan fingerprint density at radius 1 is 1.41 bits per heavy atom. The first kappa shape index (κ1) is 14.5. The Bertz CT molecular complexity index is 238. The van der Waals surface area contributed by atoms with E-state index in [4.69, 9.17) is 9.84 Å². The van der Waals surface area contributed by atoms with Crippen LogP contribution in [0.4, 0.5) is 0 Å². The van der Waals surface area contributed by atoms with Gasteiger partial charge in [0.2, 0.25) is 0 Å². The Hall–Kier alpha value is -0.570.